The molecule has 2 aromatic rings. The lowest BCUT2D eigenvalue weighted by molar-refractivity contribution is 0.294. The third-order valence-corrected chi connectivity index (χ3v) is 3.57. The summed E-state index contributed by atoms with van der Waals surface area (Å²) < 4.78 is 11.1. The van der Waals surface area contributed by atoms with Crippen molar-refractivity contribution in [3.8, 4) is 11.5 Å². The van der Waals surface area contributed by atoms with Gasteiger partial charge >= 0.3 is 0 Å². The largest absolute Gasteiger partial charge is 0.493 e. The monoisotopic (exact) mass is 314 g/mol. The minimum atomic E-state index is 0.701. The van der Waals surface area contributed by atoms with Crippen LogP contribution >= 0.6 is 0 Å². The number of rotatable bonds is 8. The van der Waals surface area contributed by atoms with Crippen LogP contribution in [0.1, 0.15) is 18.9 Å². The lowest BCUT2D eigenvalue weighted by atomic mass is 10.2. The quantitative estimate of drug-likeness (QED) is 0.793. The predicted molar refractivity (Wildman–Crippen MR) is 96.9 cm³/mol. The van der Waals surface area contributed by atoms with E-state index in [1.165, 1.54) is 5.69 Å². The van der Waals surface area contributed by atoms with Gasteiger partial charge in [0, 0.05) is 32.0 Å². The van der Waals surface area contributed by atoms with Crippen molar-refractivity contribution in [3.63, 3.8) is 0 Å². The number of anilines is 2. The fraction of sp³-hybridized carbons (Fsp3) is 0.368. The molecule has 0 radical (unpaired) electrons. The van der Waals surface area contributed by atoms with E-state index in [4.69, 9.17) is 9.47 Å². The summed E-state index contributed by atoms with van der Waals surface area (Å²) in [5, 5.41) is 3.43. The van der Waals surface area contributed by atoms with Crippen molar-refractivity contribution in [2.24, 2.45) is 0 Å². The molecule has 0 saturated heterocycles. The SMILES string of the molecule is CCCOc1ccc(CNc2ccc(N(C)C)cc2)cc1OC. The molecule has 0 amide bonds. The van der Waals surface area contributed by atoms with Gasteiger partial charge in [0.05, 0.1) is 13.7 Å². The standard InChI is InChI=1S/C19H26N2O2/c1-5-12-23-18-11-6-15(13-19(18)22-4)14-20-16-7-9-17(10-8-16)21(2)3/h6-11,13,20H,5,12,14H2,1-4H3. The molecule has 2 rings (SSSR count). The van der Waals surface area contributed by atoms with E-state index in [1.807, 2.05) is 26.2 Å². The summed E-state index contributed by atoms with van der Waals surface area (Å²) >= 11 is 0. The molecule has 0 atom stereocenters. The highest BCUT2D eigenvalue weighted by atomic mass is 16.5. The van der Waals surface area contributed by atoms with Gasteiger partial charge in [-0.1, -0.05) is 13.0 Å². The van der Waals surface area contributed by atoms with Gasteiger partial charge in [0.25, 0.3) is 0 Å². The molecule has 124 valence electrons. The third kappa shape index (κ3) is 4.81. The molecule has 23 heavy (non-hydrogen) atoms. The maximum atomic E-state index is 5.68. The second-order valence-corrected chi connectivity index (χ2v) is 5.63. The maximum absolute atomic E-state index is 5.68. The molecule has 2 aromatic carbocycles. The molecule has 0 spiro atoms. The van der Waals surface area contributed by atoms with Gasteiger partial charge in [-0.3, -0.25) is 0 Å². The summed E-state index contributed by atoms with van der Waals surface area (Å²) in [5.41, 5.74) is 3.44. The fourth-order valence-corrected chi connectivity index (χ4v) is 2.23. The number of hydrogen-bond acceptors (Lipinski definition) is 4. The van der Waals surface area contributed by atoms with Gasteiger partial charge in [-0.15, -0.1) is 0 Å². The van der Waals surface area contributed by atoms with Crippen molar-refractivity contribution in [3.05, 3.63) is 48.0 Å². The Hall–Kier alpha value is -2.36. The van der Waals surface area contributed by atoms with Crippen LogP contribution in [-0.4, -0.2) is 27.8 Å². The van der Waals surface area contributed by atoms with Crippen LogP contribution in [0.4, 0.5) is 11.4 Å². The molecular weight excluding hydrogens is 288 g/mol. The van der Waals surface area contributed by atoms with Gasteiger partial charge in [-0.05, 0) is 48.4 Å². The Morgan fingerprint density at radius 2 is 1.74 bits per heavy atom. The molecule has 4 heteroatoms. The van der Waals surface area contributed by atoms with Crippen molar-refractivity contribution >= 4 is 11.4 Å². The van der Waals surface area contributed by atoms with Crippen molar-refractivity contribution < 1.29 is 9.47 Å². The van der Waals surface area contributed by atoms with Crippen LogP contribution in [0, 0.1) is 0 Å². The number of benzene rings is 2. The third-order valence-electron chi connectivity index (χ3n) is 3.57. The normalized spacial score (nSPS) is 10.3. The molecule has 0 aromatic heterocycles. The molecule has 0 aliphatic heterocycles. The first-order valence-electron chi connectivity index (χ1n) is 7.95. The second kappa shape index (κ2) is 8.32. The highest BCUT2D eigenvalue weighted by Crippen LogP contribution is 2.28. The van der Waals surface area contributed by atoms with Gasteiger partial charge < -0.3 is 19.7 Å². The molecule has 0 fully saturated rings. The predicted octanol–water partition coefficient (Wildman–Crippen LogP) is 4.16. The Morgan fingerprint density at radius 3 is 2.35 bits per heavy atom. The summed E-state index contributed by atoms with van der Waals surface area (Å²) in [6, 6.07) is 14.4. The second-order valence-electron chi connectivity index (χ2n) is 5.63. The van der Waals surface area contributed by atoms with Gasteiger partial charge in [0.2, 0.25) is 0 Å². The Morgan fingerprint density at radius 1 is 1.00 bits per heavy atom. The van der Waals surface area contributed by atoms with E-state index in [2.05, 4.69) is 47.5 Å². The summed E-state index contributed by atoms with van der Waals surface area (Å²) in [7, 11) is 5.75. The molecule has 0 heterocycles. The van der Waals surface area contributed by atoms with Crippen molar-refractivity contribution in [2.75, 3.05) is 38.0 Å². The summed E-state index contributed by atoms with van der Waals surface area (Å²) in [5.74, 6) is 1.58. The zero-order valence-corrected chi connectivity index (χ0v) is 14.4. The van der Waals surface area contributed by atoms with Crippen molar-refractivity contribution in [1.29, 1.82) is 0 Å². The number of nitrogens with zero attached hydrogens (tertiary/aromatic N) is 1. The number of methoxy groups -OCH3 is 1. The highest BCUT2D eigenvalue weighted by Gasteiger charge is 2.05. The molecule has 0 unspecified atom stereocenters. The molecule has 0 aliphatic rings. The van der Waals surface area contributed by atoms with Crippen LogP contribution in [0.2, 0.25) is 0 Å². The zero-order chi connectivity index (χ0) is 16.7. The average molecular weight is 314 g/mol. The van der Waals surface area contributed by atoms with E-state index in [9.17, 15) is 0 Å². The molecular formula is C19H26N2O2. The topological polar surface area (TPSA) is 33.7 Å². The van der Waals surface area contributed by atoms with Gasteiger partial charge in [-0.25, -0.2) is 0 Å². The van der Waals surface area contributed by atoms with Crippen LogP contribution in [0.15, 0.2) is 42.5 Å². The van der Waals surface area contributed by atoms with E-state index in [0.717, 1.165) is 35.7 Å². The first kappa shape index (κ1) is 17.0. The minimum absolute atomic E-state index is 0.701. The first-order valence-corrected chi connectivity index (χ1v) is 7.95. The van der Waals surface area contributed by atoms with E-state index in [-0.39, 0.29) is 0 Å². The van der Waals surface area contributed by atoms with Crippen LogP contribution in [0.25, 0.3) is 0 Å². The fourth-order valence-electron chi connectivity index (χ4n) is 2.23. The van der Waals surface area contributed by atoms with Crippen LogP contribution < -0.4 is 19.7 Å². The van der Waals surface area contributed by atoms with Gasteiger partial charge in [0.15, 0.2) is 11.5 Å². The smallest absolute Gasteiger partial charge is 0.161 e. The lowest BCUT2D eigenvalue weighted by Crippen LogP contribution is -2.08. The van der Waals surface area contributed by atoms with Gasteiger partial charge in [-0.2, -0.15) is 0 Å². The highest BCUT2D eigenvalue weighted by molar-refractivity contribution is 5.54. The van der Waals surface area contributed by atoms with Crippen LogP contribution in [0.5, 0.6) is 11.5 Å². The van der Waals surface area contributed by atoms with E-state index >= 15 is 0 Å². The van der Waals surface area contributed by atoms with Crippen LogP contribution in [0.3, 0.4) is 0 Å². The number of hydrogen-bond donors (Lipinski definition) is 1. The Balaban J connectivity index is 1.99. The van der Waals surface area contributed by atoms with Crippen LogP contribution in [-0.2, 0) is 6.54 Å². The Labute approximate surface area is 139 Å². The zero-order valence-electron chi connectivity index (χ0n) is 14.4. The van der Waals surface area contributed by atoms with Crippen molar-refractivity contribution in [1.82, 2.24) is 0 Å². The number of nitrogens with one attached hydrogen (secondary N) is 1. The minimum Gasteiger partial charge on any atom is -0.493 e. The van der Waals surface area contributed by atoms with E-state index < -0.39 is 0 Å². The Bertz CT molecular complexity index is 609. The molecule has 4 nitrogen and oxygen atoms in total. The van der Waals surface area contributed by atoms with E-state index in [0.29, 0.717) is 6.61 Å². The first-order chi connectivity index (χ1) is 11.1. The summed E-state index contributed by atoms with van der Waals surface area (Å²) in [6.07, 6.45) is 0.982. The number of ether oxygens (including phenoxy) is 2. The molecule has 0 aliphatic carbocycles. The molecule has 1 N–H and O–H groups in total. The van der Waals surface area contributed by atoms with E-state index in [1.54, 1.807) is 7.11 Å². The van der Waals surface area contributed by atoms with Crippen molar-refractivity contribution in [2.45, 2.75) is 19.9 Å². The Kier molecular flexibility index (Phi) is 6.15. The molecule has 0 bridgehead atoms. The molecule has 0 saturated carbocycles. The lowest BCUT2D eigenvalue weighted by Gasteiger charge is -2.14. The summed E-state index contributed by atoms with van der Waals surface area (Å²) in [6.45, 7) is 3.53. The van der Waals surface area contributed by atoms with Gasteiger partial charge in [0.1, 0.15) is 0 Å². The summed E-state index contributed by atoms with van der Waals surface area (Å²) in [4.78, 5) is 2.09. The average Bonchev–Trinajstić information content (AvgIpc) is 2.58. The maximum Gasteiger partial charge on any atom is 0.161 e.